The molecular formula is C23H26FN3O6S. The van der Waals surface area contributed by atoms with E-state index in [0.29, 0.717) is 18.0 Å². The van der Waals surface area contributed by atoms with Crippen molar-refractivity contribution < 1.29 is 31.9 Å². The van der Waals surface area contributed by atoms with Gasteiger partial charge in [-0.1, -0.05) is 0 Å². The Hall–Kier alpha value is -3.02. The number of carbonyl (C=O) groups excluding carboxylic acids is 2. The second-order valence-electron chi connectivity index (χ2n) is 7.98. The highest BCUT2D eigenvalue weighted by atomic mass is 32.2. The average Bonchev–Trinajstić information content (AvgIpc) is 3.23. The van der Waals surface area contributed by atoms with E-state index in [1.807, 2.05) is 6.92 Å². The minimum atomic E-state index is -4.08. The number of ether oxygens (including phenoxy) is 2. The number of morpholine rings is 1. The van der Waals surface area contributed by atoms with E-state index < -0.39 is 32.6 Å². The van der Waals surface area contributed by atoms with Crippen molar-refractivity contribution in [1.29, 1.82) is 0 Å². The first-order chi connectivity index (χ1) is 16.3. The van der Waals surface area contributed by atoms with Crippen LogP contribution < -0.4 is 15.0 Å². The molecule has 2 saturated heterocycles. The molecule has 0 bridgehead atoms. The van der Waals surface area contributed by atoms with Crippen LogP contribution in [0.3, 0.4) is 0 Å². The number of rotatable bonds is 7. The molecule has 2 aliphatic rings. The van der Waals surface area contributed by atoms with Crippen molar-refractivity contribution in [2.75, 3.05) is 49.7 Å². The summed E-state index contributed by atoms with van der Waals surface area (Å²) in [5, 5.41) is 2.63. The van der Waals surface area contributed by atoms with Gasteiger partial charge in [0.25, 0.3) is 0 Å². The molecule has 182 valence electrons. The van der Waals surface area contributed by atoms with Crippen LogP contribution in [0.5, 0.6) is 5.75 Å². The minimum absolute atomic E-state index is 0.0131. The second-order valence-corrected chi connectivity index (χ2v) is 9.89. The van der Waals surface area contributed by atoms with Gasteiger partial charge in [-0.15, -0.1) is 0 Å². The Labute approximate surface area is 197 Å². The Morgan fingerprint density at radius 3 is 2.56 bits per heavy atom. The lowest BCUT2D eigenvalue weighted by atomic mass is 10.1. The third kappa shape index (κ3) is 5.06. The molecule has 1 atom stereocenters. The lowest BCUT2D eigenvalue weighted by molar-refractivity contribution is -0.122. The van der Waals surface area contributed by atoms with Gasteiger partial charge in [0, 0.05) is 37.4 Å². The van der Waals surface area contributed by atoms with Crippen molar-refractivity contribution in [2.45, 2.75) is 18.2 Å². The van der Waals surface area contributed by atoms with E-state index >= 15 is 0 Å². The molecule has 0 unspecified atom stereocenters. The van der Waals surface area contributed by atoms with E-state index in [1.165, 1.54) is 11.0 Å². The predicted molar refractivity (Wildman–Crippen MR) is 123 cm³/mol. The van der Waals surface area contributed by atoms with Crippen molar-refractivity contribution in [1.82, 2.24) is 4.31 Å². The summed E-state index contributed by atoms with van der Waals surface area (Å²) in [6, 6.07) is 10.4. The lowest BCUT2D eigenvalue weighted by Gasteiger charge is -2.26. The van der Waals surface area contributed by atoms with Gasteiger partial charge in [0.2, 0.25) is 21.8 Å². The third-order valence-corrected chi connectivity index (χ3v) is 7.66. The molecular weight excluding hydrogens is 465 g/mol. The summed E-state index contributed by atoms with van der Waals surface area (Å²) in [5.41, 5.74) is 0.801. The maximum absolute atomic E-state index is 14.4. The molecule has 2 fully saturated rings. The molecule has 2 aromatic rings. The van der Waals surface area contributed by atoms with Crippen LogP contribution in [-0.2, 0) is 24.3 Å². The first kappa shape index (κ1) is 24.1. The van der Waals surface area contributed by atoms with Gasteiger partial charge in [-0.25, -0.2) is 12.8 Å². The Kier molecular flexibility index (Phi) is 7.15. The molecule has 0 aliphatic carbocycles. The molecule has 0 radical (unpaired) electrons. The maximum atomic E-state index is 14.4. The smallest absolute Gasteiger partial charge is 0.246 e. The zero-order valence-corrected chi connectivity index (χ0v) is 19.5. The van der Waals surface area contributed by atoms with Crippen molar-refractivity contribution >= 4 is 33.2 Å². The molecule has 2 aliphatic heterocycles. The molecule has 34 heavy (non-hydrogen) atoms. The largest absolute Gasteiger partial charge is 0.494 e. The topological polar surface area (TPSA) is 105 Å². The van der Waals surface area contributed by atoms with E-state index in [0.717, 1.165) is 16.4 Å². The van der Waals surface area contributed by atoms with Crippen LogP contribution >= 0.6 is 0 Å². The van der Waals surface area contributed by atoms with Crippen molar-refractivity contribution in [3.8, 4) is 5.75 Å². The average molecular weight is 492 g/mol. The second kappa shape index (κ2) is 10.1. The normalized spacial score (nSPS) is 19.3. The van der Waals surface area contributed by atoms with Crippen LogP contribution in [0.4, 0.5) is 15.8 Å². The van der Waals surface area contributed by atoms with Crippen LogP contribution in [0.15, 0.2) is 47.4 Å². The summed E-state index contributed by atoms with van der Waals surface area (Å²) in [6.45, 7) is 3.31. The highest BCUT2D eigenvalue weighted by molar-refractivity contribution is 7.89. The van der Waals surface area contributed by atoms with Crippen molar-refractivity contribution in [3.05, 3.63) is 48.3 Å². The molecule has 0 saturated carbocycles. The number of hydrogen-bond acceptors (Lipinski definition) is 6. The number of amides is 2. The predicted octanol–water partition coefficient (Wildman–Crippen LogP) is 2.24. The molecule has 4 rings (SSSR count). The van der Waals surface area contributed by atoms with Gasteiger partial charge in [-0.2, -0.15) is 4.31 Å². The zero-order chi connectivity index (χ0) is 24.3. The molecule has 9 nitrogen and oxygen atoms in total. The zero-order valence-electron chi connectivity index (χ0n) is 18.7. The first-order valence-corrected chi connectivity index (χ1v) is 12.4. The van der Waals surface area contributed by atoms with Crippen LogP contribution in [0.25, 0.3) is 0 Å². The molecule has 11 heteroatoms. The molecule has 2 amide bonds. The Morgan fingerprint density at radius 2 is 1.88 bits per heavy atom. The highest BCUT2D eigenvalue weighted by Gasteiger charge is 2.35. The summed E-state index contributed by atoms with van der Waals surface area (Å²) in [5.74, 6) is -1.49. The quantitative estimate of drug-likeness (QED) is 0.637. The van der Waals surface area contributed by atoms with E-state index in [2.05, 4.69) is 5.32 Å². The molecule has 2 heterocycles. The van der Waals surface area contributed by atoms with Crippen LogP contribution in [0, 0.1) is 11.7 Å². The fraction of sp³-hybridized carbons (Fsp3) is 0.391. The Balaban J connectivity index is 1.45. The molecule has 1 N–H and O–H groups in total. The number of benzene rings is 2. The Morgan fingerprint density at radius 1 is 1.18 bits per heavy atom. The van der Waals surface area contributed by atoms with Gasteiger partial charge in [0.05, 0.1) is 25.7 Å². The monoisotopic (exact) mass is 491 g/mol. The van der Waals surface area contributed by atoms with E-state index in [4.69, 9.17) is 9.47 Å². The summed E-state index contributed by atoms with van der Waals surface area (Å²) in [6.07, 6.45) is 0.0131. The van der Waals surface area contributed by atoms with Crippen LogP contribution in [0.1, 0.15) is 13.3 Å². The van der Waals surface area contributed by atoms with Gasteiger partial charge in [-0.05, 0) is 49.4 Å². The number of nitrogens with zero attached hydrogens (tertiary/aromatic N) is 2. The van der Waals surface area contributed by atoms with Gasteiger partial charge < -0.3 is 19.7 Å². The van der Waals surface area contributed by atoms with Crippen LogP contribution in [0.2, 0.25) is 0 Å². The number of sulfonamides is 1. The van der Waals surface area contributed by atoms with Crippen LogP contribution in [-0.4, -0.2) is 64.0 Å². The summed E-state index contributed by atoms with van der Waals surface area (Å²) in [7, 11) is -4.08. The molecule has 0 spiro atoms. The van der Waals surface area contributed by atoms with Gasteiger partial charge in [0.15, 0.2) is 0 Å². The SMILES string of the molecule is CCOc1ccc(N2C[C@H](C(=O)Nc3ccc(F)c(S(=O)(=O)N4CCOCC4)c3)CC2=O)cc1. The van der Waals surface area contributed by atoms with Crippen molar-refractivity contribution in [3.63, 3.8) is 0 Å². The maximum Gasteiger partial charge on any atom is 0.246 e. The number of anilines is 2. The number of carbonyl (C=O) groups is 2. The van der Waals surface area contributed by atoms with E-state index in [1.54, 1.807) is 24.3 Å². The fourth-order valence-electron chi connectivity index (χ4n) is 3.97. The summed E-state index contributed by atoms with van der Waals surface area (Å²) >= 11 is 0. The van der Waals surface area contributed by atoms with Gasteiger partial charge in [0.1, 0.15) is 16.5 Å². The lowest BCUT2D eigenvalue weighted by Crippen LogP contribution is -2.40. The summed E-state index contributed by atoms with van der Waals surface area (Å²) < 4.78 is 51.9. The molecule has 2 aromatic carbocycles. The highest BCUT2D eigenvalue weighted by Crippen LogP contribution is 2.29. The molecule has 0 aromatic heterocycles. The third-order valence-electron chi connectivity index (χ3n) is 5.74. The first-order valence-electron chi connectivity index (χ1n) is 11.0. The van der Waals surface area contributed by atoms with Gasteiger partial charge in [-0.3, -0.25) is 9.59 Å². The minimum Gasteiger partial charge on any atom is -0.494 e. The summed E-state index contributed by atoms with van der Waals surface area (Å²) in [4.78, 5) is 26.4. The van der Waals surface area contributed by atoms with Gasteiger partial charge >= 0.3 is 0 Å². The number of halogens is 1. The fourth-order valence-corrected chi connectivity index (χ4v) is 5.47. The number of nitrogens with one attached hydrogen (secondary N) is 1. The Bertz CT molecular complexity index is 1170. The standard InChI is InChI=1S/C23H26FN3O6S/c1-2-33-19-6-4-18(5-7-19)27-15-16(13-22(27)28)23(29)25-17-3-8-20(24)21(14-17)34(30,31)26-9-11-32-12-10-26/h3-8,14,16H,2,9-13,15H2,1H3,(H,25,29)/t16-/m1/s1. The van der Waals surface area contributed by atoms with E-state index in [9.17, 15) is 22.4 Å². The van der Waals surface area contributed by atoms with E-state index in [-0.39, 0.29) is 50.9 Å². The number of hydrogen-bond donors (Lipinski definition) is 1. The van der Waals surface area contributed by atoms with Crippen molar-refractivity contribution in [2.24, 2.45) is 5.92 Å².